The number of nitrogens with zero attached hydrogens (tertiary/aromatic N) is 6. The molecule has 2 amide bonds. The number of aromatic hydroxyl groups is 1. The van der Waals surface area contributed by atoms with Crippen LogP contribution in [-0.4, -0.2) is 70.2 Å². The number of halogens is 2. The van der Waals surface area contributed by atoms with E-state index in [9.17, 15) is 28.3 Å². The van der Waals surface area contributed by atoms with Gasteiger partial charge in [0.05, 0.1) is 24.3 Å². The van der Waals surface area contributed by atoms with Gasteiger partial charge < -0.3 is 25.2 Å². The van der Waals surface area contributed by atoms with Crippen molar-refractivity contribution in [2.75, 3.05) is 11.9 Å². The van der Waals surface area contributed by atoms with Crippen LogP contribution in [0.2, 0.25) is 0 Å². The highest BCUT2D eigenvalue weighted by Crippen LogP contribution is 2.29. The van der Waals surface area contributed by atoms with Gasteiger partial charge in [-0.3, -0.25) is 19.5 Å². The quantitative estimate of drug-likeness (QED) is 0.247. The molecule has 15 heteroatoms. The number of carbonyl (C=O) groups excluding carboxylic acids is 2. The summed E-state index contributed by atoms with van der Waals surface area (Å²) < 4.78 is 30.1. The molecule has 0 aromatic carbocycles. The lowest BCUT2D eigenvalue weighted by atomic mass is 9.85. The van der Waals surface area contributed by atoms with Crippen LogP contribution in [0.15, 0.2) is 29.3 Å². The molecule has 44 heavy (non-hydrogen) atoms. The predicted octanol–water partition coefficient (Wildman–Crippen LogP) is 2.71. The van der Waals surface area contributed by atoms with E-state index in [1.165, 1.54) is 12.1 Å². The number of nitrogens with one attached hydrogen (secondary N) is 3. The van der Waals surface area contributed by atoms with Crippen molar-refractivity contribution < 1.29 is 23.5 Å². The number of aromatic amines is 1. The summed E-state index contributed by atoms with van der Waals surface area (Å²) in [6.45, 7) is 4.51. The Balaban J connectivity index is 1.14. The van der Waals surface area contributed by atoms with E-state index in [1.807, 2.05) is 13.8 Å². The van der Waals surface area contributed by atoms with E-state index in [4.69, 9.17) is 0 Å². The molecule has 0 saturated heterocycles. The zero-order valence-corrected chi connectivity index (χ0v) is 24.1. The van der Waals surface area contributed by atoms with Gasteiger partial charge in [-0.15, -0.1) is 0 Å². The van der Waals surface area contributed by atoms with Crippen molar-refractivity contribution in [3.05, 3.63) is 57.8 Å². The number of amides is 2. The molecule has 13 nitrogen and oxygen atoms in total. The zero-order chi connectivity index (χ0) is 31.1. The van der Waals surface area contributed by atoms with Crippen molar-refractivity contribution in [3.8, 4) is 17.3 Å². The fourth-order valence-corrected chi connectivity index (χ4v) is 5.95. The van der Waals surface area contributed by atoms with E-state index < -0.39 is 28.7 Å². The van der Waals surface area contributed by atoms with Crippen LogP contribution in [0, 0.1) is 17.6 Å². The van der Waals surface area contributed by atoms with Gasteiger partial charge in [0.25, 0.3) is 5.91 Å². The lowest BCUT2D eigenvalue weighted by Gasteiger charge is -2.34. The largest absolute Gasteiger partial charge is 0.503 e. The average Bonchev–Trinajstić information content (AvgIpc) is 3.42. The number of H-pyrrole nitrogens is 1. The lowest BCUT2D eigenvalue weighted by molar-refractivity contribution is -0.126. The van der Waals surface area contributed by atoms with Gasteiger partial charge in [-0.2, -0.15) is 5.10 Å². The van der Waals surface area contributed by atoms with E-state index >= 15 is 0 Å². The molecular weight excluding hydrogens is 576 g/mol. The standard InChI is InChI=1S/C29H31F2N9O4/c1-14(2)39-6-7-40-18(10-21(41)24(42)23(40)29(39)44)12-34-28(43)15-4-3-5-17(8-15)35-26-20(31)13-33-27(36-26)22-19-9-16(30)11-32-25(19)38-37-22/h9-11,13-15,17,42H,3-8,12H2,1-2H3,(H,34,43)(H,32,37,38)(H,33,35,36)/t15-,17+/m1/s1. The Morgan fingerprint density at radius 2 is 1.98 bits per heavy atom. The van der Waals surface area contributed by atoms with Crippen LogP contribution in [0.4, 0.5) is 14.6 Å². The highest BCUT2D eigenvalue weighted by atomic mass is 19.1. The lowest BCUT2D eigenvalue weighted by Crippen LogP contribution is -2.46. The topological polar surface area (TPSA) is 171 Å². The molecule has 4 aromatic heterocycles. The Labute approximate surface area is 249 Å². The molecule has 0 bridgehead atoms. The Morgan fingerprint density at radius 1 is 1.16 bits per heavy atom. The van der Waals surface area contributed by atoms with Gasteiger partial charge in [0, 0.05) is 42.9 Å². The smallest absolute Gasteiger partial charge is 0.274 e. The second-order valence-electron chi connectivity index (χ2n) is 11.4. The van der Waals surface area contributed by atoms with Crippen LogP contribution in [0.3, 0.4) is 0 Å². The monoisotopic (exact) mass is 607 g/mol. The first-order valence-electron chi connectivity index (χ1n) is 14.4. The van der Waals surface area contributed by atoms with Crippen molar-refractivity contribution in [1.82, 2.24) is 39.9 Å². The summed E-state index contributed by atoms with van der Waals surface area (Å²) in [5.74, 6) is -2.84. The molecule has 6 rings (SSSR count). The molecule has 2 atom stereocenters. The zero-order valence-electron chi connectivity index (χ0n) is 24.1. The first kappa shape index (κ1) is 29.1. The van der Waals surface area contributed by atoms with Crippen LogP contribution in [0.25, 0.3) is 22.6 Å². The van der Waals surface area contributed by atoms with Crippen LogP contribution in [0.5, 0.6) is 5.75 Å². The number of aromatic nitrogens is 6. The third-order valence-electron chi connectivity index (χ3n) is 8.20. The molecule has 0 radical (unpaired) electrons. The number of pyridine rings is 2. The number of rotatable bonds is 7. The third kappa shape index (κ3) is 5.44. The van der Waals surface area contributed by atoms with E-state index in [0.717, 1.165) is 12.4 Å². The molecule has 2 aliphatic rings. The number of carbonyl (C=O) groups is 2. The van der Waals surface area contributed by atoms with Gasteiger partial charge >= 0.3 is 0 Å². The Bertz CT molecular complexity index is 1820. The highest BCUT2D eigenvalue weighted by molar-refractivity contribution is 5.96. The predicted molar refractivity (Wildman–Crippen MR) is 155 cm³/mol. The normalized spacial score (nSPS) is 18.5. The molecule has 0 unspecified atom stereocenters. The maximum absolute atomic E-state index is 14.8. The van der Waals surface area contributed by atoms with Gasteiger partial charge in [-0.1, -0.05) is 6.42 Å². The fraction of sp³-hybridized carbons (Fsp3) is 0.414. The van der Waals surface area contributed by atoms with E-state index in [0.29, 0.717) is 55.5 Å². The minimum absolute atomic E-state index is 0.00238. The Morgan fingerprint density at radius 3 is 2.77 bits per heavy atom. The summed E-state index contributed by atoms with van der Waals surface area (Å²) in [6.07, 6.45) is 4.47. The first-order chi connectivity index (χ1) is 21.1. The van der Waals surface area contributed by atoms with E-state index in [1.54, 1.807) is 9.47 Å². The summed E-state index contributed by atoms with van der Waals surface area (Å²) in [7, 11) is 0. The van der Waals surface area contributed by atoms with E-state index in [2.05, 4.69) is 35.8 Å². The molecule has 4 aromatic rings. The van der Waals surface area contributed by atoms with Gasteiger partial charge in [0.15, 0.2) is 34.6 Å². The molecule has 1 aliphatic heterocycles. The van der Waals surface area contributed by atoms with Crippen LogP contribution >= 0.6 is 0 Å². The van der Waals surface area contributed by atoms with Crippen molar-refractivity contribution in [2.45, 2.75) is 64.7 Å². The van der Waals surface area contributed by atoms with Crippen LogP contribution < -0.4 is 16.1 Å². The Kier molecular flexibility index (Phi) is 7.69. The summed E-state index contributed by atoms with van der Waals surface area (Å²) in [5, 5.41) is 23.5. The molecule has 0 spiro atoms. The van der Waals surface area contributed by atoms with Gasteiger partial charge in [-0.25, -0.2) is 23.7 Å². The number of hydrogen-bond donors (Lipinski definition) is 4. The third-order valence-corrected chi connectivity index (χ3v) is 8.20. The first-order valence-corrected chi connectivity index (χ1v) is 14.4. The SMILES string of the molecule is CC(C)N1CCn2c(CNC(=O)[C@@H]3CCC[C@H](Nc4nc(-c5[nH]nc6ncc(F)cc56)ncc4F)C3)cc(=O)c(O)c2C1=O. The van der Waals surface area contributed by atoms with Crippen molar-refractivity contribution in [1.29, 1.82) is 0 Å². The minimum Gasteiger partial charge on any atom is -0.503 e. The molecule has 1 fully saturated rings. The second kappa shape index (κ2) is 11.6. The number of hydrogen-bond acceptors (Lipinski definition) is 9. The number of fused-ring (bicyclic) bond motifs is 2. The van der Waals surface area contributed by atoms with E-state index in [-0.39, 0.29) is 53.4 Å². The molecule has 1 aliphatic carbocycles. The van der Waals surface area contributed by atoms with Crippen LogP contribution in [0.1, 0.15) is 55.7 Å². The summed E-state index contributed by atoms with van der Waals surface area (Å²) in [6, 6.07) is 2.12. The van der Waals surface area contributed by atoms with Crippen molar-refractivity contribution in [2.24, 2.45) is 5.92 Å². The van der Waals surface area contributed by atoms with Crippen LogP contribution in [-0.2, 0) is 17.9 Å². The van der Waals surface area contributed by atoms with Crippen molar-refractivity contribution >= 4 is 28.7 Å². The van der Waals surface area contributed by atoms with Gasteiger partial charge in [0.1, 0.15) is 11.5 Å². The molecule has 4 N–H and O–H groups in total. The molecular formula is C29H31F2N9O4. The van der Waals surface area contributed by atoms with Gasteiger partial charge in [0.2, 0.25) is 11.3 Å². The fourth-order valence-electron chi connectivity index (χ4n) is 5.95. The maximum atomic E-state index is 14.8. The van der Waals surface area contributed by atoms with Gasteiger partial charge in [-0.05, 0) is 39.2 Å². The molecule has 5 heterocycles. The molecule has 230 valence electrons. The minimum atomic E-state index is -0.683. The van der Waals surface area contributed by atoms with Crippen molar-refractivity contribution in [3.63, 3.8) is 0 Å². The summed E-state index contributed by atoms with van der Waals surface area (Å²) in [5.41, 5.74) is 0.240. The highest BCUT2D eigenvalue weighted by Gasteiger charge is 2.32. The second-order valence-corrected chi connectivity index (χ2v) is 11.4. The number of anilines is 1. The Hall–Kier alpha value is -4.95. The summed E-state index contributed by atoms with van der Waals surface area (Å²) >= 11 is 0. The summed E-state index contributed by atoms with van der Waals surface area (Å²) in [4.78, 5) is 52.5. The molecule has 1 saturated carbocycles. The maximum Gasteiger partial charge on any atom is 0.274 e. The average molecular weight is 608 g/mol.